The van der Waals surface area contributed by atoms with Crippen molar-refractivity contribution in [1.82, 2.24) is 0 Å². The van der Waals surface area contributed by atoms with E-state index in [1.165, 1.54) is 141 Å². The Morgan fingerprint density at radius 1 is 0.488 bits per heavy atom. The zero-order valence-electron chi connectivity index (χ0n) is 29.2. The smallest absolute Gasteiger partial charge is 0.306 e. The fourth-order valence-electron chi connectivity index (χ4n) is 5.82. The summed E-state index contributed by atoms with van der Waals surface area (Å²) in [4.78, 5) is 24.7. The van der Waals surface area contributed by atoms with Crippen molar-refractivity contribution in [2.45, 2.75) is 219 Å². The van der Waals surface area contributed by atoms with Crippen LogP contribution in [0.5, 0.6) is 0 Å². The van der Waals surface area contributed by atoms with Crippen LogP contribution in [0.25, 0.3) is 0 Å². The second-order valence-electron chi connectivity index (χ2n) is 13.4. The van der Waals surface area contributed by atoms with Gasteiger partial charge in [-0.05, 0) is 19.8 Å². The van der Waals surface area contributed by atoms with Crippen molar-refractivity contribution in [3.63, 3.8) is 0 Å². The summed E-state index contributed by atoms with van der Waals surface area (Å²) in [6, 6.07) is 0. The van der Waals surface area contributed by atoms with Crippen molar-refractivity contribution in [2.75, 3.05) is 13.2 Å². The van der Waals surface area contributed by atoms with Gasteiger partial charge in [0.05, 0.1) is 6.61 Å². The average Bonchev–Trinajstić information content (AvgIpc) is 2.98. The minimum atomic E-state index is -0.793. The van der Waals surface area contributed by atoms with Crippen molar-refractivity contribution >= 4 is 11.9 Å². The Labute approximate surface area is 268 Å². The van der Waals surface area contributed by atoms with Gasteiger partial charge in [-0.1, -0.05) is 168 Å². The molecule has 0 amide bonds. The van der Waals surface area contributed by atoms with Crippen LogP contribution in [-0.4, -0.2) is 35.9 Å². The lowest BCUT2D eigenvalue weighted by Gasteiger charge is -2.29. The third kappa shape index (κ3) is 30.7. The molecule has 0 fully saturated rings. The molecule has 256 valence electrons. The molecule has 0 aliphatic heterocycles. The van der Waals surface area contributed by atoms with Gasteiger partial charge in [0.1, 0.15) is 5.60 Å². The number of aliphatic hydroxyl groups excluding tert-OH is 1. The molecule has 5 nitrogen and oxygen atoms in total. The Kier molecular flexibility index (Phi) is 31.5. The molecule has 0 spiro atoms. The van der Waals surface area contributed by atoms with Gasteiger partial charge in [-0.25, -0.2) is 0 Å². The van der Waals surface area contributed by atoms with E-state index in [1.54, 1.807) is 0 Å². The summed E-state index contributed by atoms with van der Waals surface area (Å²) in [5.74, 6) is -0.384. The number of esters is 2. The first-order valence-corrected chi connectivity index (χ1v) is 19.0. The lowest BCUT2D eigenvalue weighted by Crippen LogP contribution is -2.34. The first kappa shape index (κ1) is 41.9. The summed E-state index contributed by atoms with van der Waals surface area (Å²) >= 11 is 0. The molecule has 1 unspecified atom stereocenters. The van der Waals surface area contributed by atoms with E-state index >= 15 is 0 Å². The normalized spacial score (nSPS) is 12.7. The number of carbonyl (C=O) groups excluding carboxylic acids is 2. The maximum Gasteiger partial charge on any atom is 0.306 e. The Morgan fingerprint density at radius 2 is 0.814 bits per heavy atom. The Balaban J connectivity index is 3.76. The van der Waals surface area contributed by atoms with Gasteiger partial charge in [0.2, 0.25) is 0 Å². The predicted octanol–water partition coefficient (Wildman–Crippen LogP) is 11.6. The van der Waals surface area contributed by atoms with Crippen LogP contribution in [0.4, 0.5) is 0 Å². The zero-order chi connectivity index (χ0) is 31.7. The van der Waals surface area contributed by atoms with Crippen molar-refractivity contribution in [3.8, 4) is 0 Å². The molecule has 0 aliphatic carbocycles. The van der Waals surface area contributed by atoms with Gasteiger partial charge in [0.15, 0.2) is 0 Å². The summed E-state index contributed by atoms with van der Waals surface area (Å²) in [7, 11) is 0. The molecule has 0 heterocycles. The lowest BCUT2D eigenvalue weighted by molar-refractivity contribution is -0.162. The minimum absolute atomic E-state index is 0.0601. The number of aliphatic hydroxyl groups is 1. The highest BCUT2D eigenvalue weighted by Crippen LogP contribution is 2.22. The summed E-state index contributed by atoms with van der Waals surface area (Å²) in [6.07, 6.45) is 34.9. The zero-order valence-corrected chi connectivity index (χ0v) is 29.2. The number of carbonyl (C=O) groups is 2. The van der Waals surface area contributed by atoms with Crippen LogP contribution in [0, 0.1) is 0 Å². The molecule has 1 N–H and O–H groups in total. The van der Waals surface area contributed by atoms with E-state index in [0.29, 0.717) is 25.7 Å². The molecule has 0 aromatic heterocycles. The van der Waals surface area contributed by atoms with Crippen LogP contribution in [0.2, 0.25) is 0 Å². The van der Waals surface area contributed by atoms with Crippen molar-refractivity contribution in [1.29, 1.82) is 0 Å². The lowest BCUT2D eigenvalue weighted by atomic mass is 9.98. The SMILES string of the molecule is CCCCCCCCCCCCCCCC(=O)OCCC(C)(CCO)OC(=O)CCCCCCCCCCCCCCC. The second kappa shape index (κ2) is 32.3. The van der Waals surface area contributed by atoms with Gasteiger partial charge < -0.3 is 14.6 Å². The molecule has 1 atom stereocenters. The number of rotatable bonds is 34. The highest BCUT2D eigenvalue weighted by atomic mass is 16.6. The number of unbranched alkanes of at least 4 members (excludes halogenated alkanes) is 24. The van der Waals surface area contributed by atoms with Crippen LogP contribution < -0.4 is 0 Å². The quantitative estimate of drug-likeness (QED) is 0.0579. The number of ether oxygens (including phenoxy) is 2. The Bertz CT molecular complexity index is 607. The summed E-state index contributed by atoms with van der Waals surface area (Å²) in [6.45, 7) is 6.53. The van der Waals surface area contributed by atoms with E-state index in [1.807, 2.05) is 6.92 Å². The molecular formula is C38H74O5. The van der Waals surface area contributed by atoms with Crippen LogP contribution in [-0.2, 0) is 19.1 Å². The van der Waals surface area contributed by atoms with Crippen LogP contribution in [0.3, 0.4) is 0 Å². The van der Waals surface area contributed by atoms with E-state index in [4.69, 9.17) is 9.47 Å². The summed E-state index contributed by atoms with van der Waals surface area (Å²) in [5, 5.41) is 9.51. The van der Waals surface area contributed by atoms with Gasteiger partial charge in [-0.15, -0.1) is 0 Å². The van der Waals surface area contributed by atoms with Crippen LogP contribution in [0.15, 0.2) is 0 Å². The van der Waals surface area contributed by atoms with E-state index in [2.05, 4.69) is 13.8 Å². The minimum Gasteiger partial charge on any atom is -0.466 e. The maximum absolute atomic E-state index is 12.5. The maximum atomic E-state index is 12.5. The van der Waals surface area contributed by atoms with E-state index < -0.39 is 5.60 Å². The van der Waals surface area contributed by atoms with Crippen molar-refractivity contribution in [2.24, 2.45) is 0 Å². The molecule has 0 aromatic rings. The Hall–Kier alpha value is -1.10. The Morgan fingerprint density at radius 3 is 1.16 bits per heavy atom. The second-order valence-corrected chi connectivity index (χ2v) is 13.4. The molecule has 0 bridgehead atoms. The fraction of sp³-hybridized carbons (Fsp3) is 0.947. The first-order chi connectivity index (χ1) is 21.0. The first-order valence-electron chi connectivity index (χ1n) is 19.0. The van der Waals surface area contributed by atoms with E-state index in [-0.39, 0.29) is 25.2 Å². The third-order valence-corrected chi connectivity index (χ3v) is 8.86. The van der Waals surface area contributed by atoms with Gasteiger partial charge in [0, 0.05) is 32.3 Å². The molecular weight excluding hydrogens is 536 g/mol. The van der Waals surface area contributed by atoms with Crippen molar-refractivity contribution < 1.29 is 24.2 Å². The van der Waals surface area contributed by atoms with E-state index in [9.17, 15) is 14.7 Å². The van der Waals surface area contributed by atoms with E-state index in [0.717, 1.165) is 25.7 Å². The van der Waals surface area contributed by atoms with Gasteiger partial charge in [-0.3, -0.25) is 9.59 Å². The van der Waals surface area contributed by atoms with Gasteiger partial charge >= 0.3 is 11.9 Å². The molecule has 0 saturated carbocycles. The molecule has 0 radical (unpaired) electrons. The molecule has 0 aliphatic rings. The highest BCUT2D eigenvalue weighted by molar-refractivity contribution is 5.70. The third-order valence-electron chi connectivity index (χ3n) is 8.86. The molecule has 0 saturated heterocycles. The monoisotopic (exact) mass is 611 g/mol. The van der Waals surface area contributed by atoms with Crippen molar-refractivity contribution in [3.05, 3.63) is 0 Å². The molecule has 5 heteroatoms. The number of hydrogen-bond donors (Lipinski definition) is 1. The molecule has 0 rings (SSSR count). The average molecular weight is 611 g/mol. The van der Waals surface area contributed by atoms with Gasteiger partial charge in [0.25, 0.3) is 0 Å². The standard InChI is InChI=1S/C38H74O5/c1-4-6-8-10-12-14-16-18-20-22-24-26-28-30-36(40)42-35-33-38(3,32-34-39)43-37(41)31-29-27-25-23-21-19-17-15-13-11-9-7-5-2/h39H,4-35H2,1-3H3. The number of hydrogen-bond acceptors (Lipinski definition) is 5. The van der Waals surface area contributed by atoms with Gasteiger partial charge in [-0.2, -0.15) is 0 Å². The van der Waals surface area contributed by atoms with Crippen LogP contribution >= 0.6 is 0 Å². The highest BCUT2D eigenvalue weighted by Gasteiger charge is 2.28. The summed E-state index contributed by atoms with van der Waals surface area (Å²) < 4.78 is 11.2. The largest absolute Gasteiger partial charge is 0.466 e. The molecule has 0 aromatic carbocycles. The van der Waals surface area contributed by atoms with Crippen LogP contribution in [0.1, 0.15) is 213 Å². The fourth-order valence-corrected chi connectivity index (χ4v) is 5.82. The predicted molar refractivity (Wildman–Crippen MR) is 182 cm³/mol. The molecule has 43 heavy (non-hydrogen) atoms. The summed E-state index contributed by atoms with van der Waals surface area (Å²) in [5.41, 5.74) is -0.793. The topological polar surface area (TPSA) is 72.8 Å².